The molecule has 0 aliphatic rings. The van der Waals surface area contributed by atoms with Gasteiger partial charge in [-0.1, -0.05) is 127 Å². The number of anilines is 3. The summed E-state index contributed by atoms with van der Waals surface area (Å²) in [7, 11) is 0. The van der Waals surface area contributed by atoms with Crippen molar-refractivity contribution < 1.29 is 0 Å². The molecular weight excluding hydrogens is 613 g/mol. The molecule has 2 nitrogen and oxygen atoms in total. The smallest absolute Gasteiger partial charge is 0.0562 e. The third kappa shape index (κ3) is 4.40. The fourth-order valence-electron chi connectivity index (χ4n) is 7.65. The second kappa shape index (κ2) is 11.2. The zero-order valence-electron chi connectivity index (χ0n) is 26.6. The molecule has 8 aromatic carbocycles. The van der Waals surface area contributed by atoms with Crippen molar-refractivity contribution >= 4 is 81.1 Å². The highest BCUT2D eigenvalue weighted by molar-refractivity contribution is 7.26. The van der Waals surface area contributed by atoms with Crippen molar-refractivity contribution in [3.63, 3.8) is 0 Å². The van der Waals surface area contributed by atoms with E-state index in [0.717, 1.165) is 22.7 Å². The molecule has 49 heavy (non-hydrogen) atoms. The Kier molecular flexibility index (Phi) is 6.39. The first kappa shape index (κ1) is 27.9. The molecule has 0 N–H and O–H groups in total. The molecule has 0 saturated carbocycles. The molecule has 0 bridgehead atoms. The molecule has 0 spiro atoms. The van der Waals surface area contributed by atoms with Crippen LogP contribution in [0.15, 0.2) is 182 Å². The van der Waals surface area contributed by atoms with Crippen LogP contribution in [0.25, 0.3) is 69.6 Å². The molecule has 0 aliphatic heterocycles. The second-order valence-electron chi connectivity index (χ2n) is 12.5. The molecule has 0 unspecified atom stereocenters. The lowest BCUT2D eigenvalue weighted by Gasteiger charge is -2.29. The lowest BCUT2D eigenvalue weighted by Crippen LogP contribution is -2.11. The minimum absolute atomic E-state index is 1.13. The van der Waals surface area contributed by atoms with Crippen LogP contribution in [-0.2, 0) is 0 Å². The van der Waals surface area contributed by atoms with Crippen LogP contribution < -0.4 is 4.90 Å². The molecule has 10 aromatic rings. The summed E-state index contributed by atoms with van der Waals surface area (Å²) in [6, 6.07) is 66.1. The minimum Gasteiger partial charge on any atom is -0.309 e. The fraction of sp³-hybridized carbons (Fsp3) is 0. The van der Waals surface area contributed by atoms with Crippen molar-refractivity contribution in [3.05, 3.63) is 182 Å². The van der Waals surface area contributed by atoms with Crippen LogP contribution in [0.4, 0.5) is 17.1 Å². The minimum atomic E-state index is 1.13. The first-order valence-electron chi connectivity index (χ1n) is 16.7. The fourth-order valence-corrected chi connectivity index (χ4v) is 8.81. The van der Waals surface area contributed by atoms with Crippen LogP contribution in [-0.4, -0.2) is 4.57 Å². The Bertz CT molecular complexity index is 2830. The van der Waals surface area contributed by atoms with E-state index < -0.39 is 0 Å². The van der Waals surface area contributed by atoms with Crippen LogP contribution >= 0.6 is 11.3 Å². The molecular formula is C46H30N2S. The highest BCUT2D eigenvalue weighted by Crippen LogP contribution is 2.48. The topological polar surface area (TPSA) is 8.17 Å². The summed E-state index contributed by atoms with van der Waals surface area (Å²) in [5, 5.41) is 7.69. The van der Waals surface area contributed by atoms with E-state index >= 15 is 0 Å². The van der Waals surface area contributed by atoms with Gasteiger partial charge in [-0.25, -0.2) is 0 Å². The highest BCUT2D eigenvalue weighted by atomic mass is 32.1. The Morgan fingerprint density at radius 3 is 2.00 bits per heavy atom. The standard InChI is InChI=1S/C46H30N2S/c1-3-14-31(15-4-1)35-19-9-11-22-39(35)48(34-27-28-38-44(30-34)49-43-29-26-32-16-7-8-20-36(32)45(38)43)42-25-13-24-41-46(42)37-21-10-12-23-40(37)47(41)33-17-5-2-6-18-33/h1-30H. The number of hydrogen-bond acceptors (Lipinski definition) is 2. The second-order valence-corrected chi connectivity index (χ2v) is 13.6. The van der Waals surface area contributed by atoms with Crippen molar-refractivity contribution in [2.75, 3.05) is 4.90 Å². The van der Waals surface area contributed by atoms with E-state index in [0.29, 0.717) is 0 Å². The summed E-state index contributed by atoms with van der Waals surface area (Å²) in [6.45, 7) is 0. The monoisotopic (exact) mass is 642 g/mol. The molecule has 0 aliphatic carbocycles. The number of rotatable bonds is 5. The van der Waals surface area contributed by atoms with E-state index in [1.165, 1.54) is 63.9 Å². The molecule has 0 fully saturated rings. The molecule has 2 heterocycles. The molecule has 2 aromatic heterocycles. The van der Waals surface area contributed by atoms with Gasteiger partial charge in [0.15, 0.2) is 0 Å². The molecule has 0 radical (unpaired) electrons. The summed E-state index contributed by atoms with van der Waals surface area (Å²) in [6.07, 6.45) is 0. The van der Waals surface area contributed by atoms with Gasteiger partial charge in [0.25, 0.3) is 0 Å². The van der Waals surface area contributed by atoms with E-state index in [-0.39, 0.29) is 0 Å². The lowest BCUT2D eigenvalue weighted by molar-refractivity contribution is 1.18. The van der Waals surface area contributed by atoms with Gasteiger partial charge < -0.3 is 9.47 Å². The predicted octanol–water partition coefficient (Wildman–Crippen LogP) is 13.4. The predicted molar refractivity (Wildman–Crippen MR) is 211 cm³/mol. The molecule has 10 rings (SSSR count). The summed E-state index contributed by atoms with van der Waals surface area (Å²) in [5.74, 6) is 0. The number of para-hydroxylation sites is 3. The maximum absolute atomic E-state index is 2.48. The van der Waals surface area contributed by atoms with Crippen molar-refractivity contribution in [2.24, 2.45) is 0 Å². The van der Waals surface area contributed by atoms with Gasteiger partial charge in [0.2, 0.25) is 0 Å². The number of nitrogens with zero attached hydrogens (tertiary/aromatic N) is 2. The van der Waals surface area contributed by atoms with Crippen LogP contribution in [0.5, 0.6) is 0 Å². The van der Waals surface area contributed by atoms with E-state index in [9.17, 15) is 0 Å². The Labute approximate surface area is 288 Å². The first-order valence-corrected chi connectivity index (χ1v) is 17.5. The quantitative estimate of drug-likeness (QED) is 0.181. The largest absolute Gasteiger partial charge is 0.309 e. The Balaban J connectivity index is 1.29. The van der Waals surface area contributed by atoms with Crippen molar-refractivity contribution in [2.45, 2.75) is 0 Å². The number of fused-ring (bicyclic) bond motifs is 8. The van der Waals surface area contributed by atoms with Crippen molar-refractivity contribution in [3.8, 4) is 16.8 Å². The average molecular weight is 643 g/mol. The van der Waals surface area contributed by atoms with Crippen LogP contribution in [0.3, 0.4) is 0 Å². The Morgan fingerprint density at radius 2 is 1.12 bits per heavy atom. The van der Waals surface area contributed by atoms with Gasteiger partial charge in [-0.3, -0.25) is 0 Å². The zero-order valence-corrected chi connectivity index (χ0v) is 27.4. The highest BCUT2D eigenvalue weighted by Gasteiger charge is 2.23. The third-order valence-electron chi connectivity index (χ3n) is 9.76. The summed E-state index contributed by atoms with van der Waals surface area (Å²) in [5.41, 5.74) is 9.34. The maximum Gasteiger partial charge on any atom is 0.0562 e. The van der Waals surface area contributed by atoms with Gasteiger partial charge in [0.05, 0.1) is 22.4 Å². The molecule has 0 saturated heterocycles. The third-order valence-corrected chi connectivity index (χ3v) is 10.9. The first-order chi connectivity index (χ1) is 24.3. The van der Waals surface area contributed by atoms with Crippen molar-refractivity contribution in [1.82, 2.24) is 4.57 Å². The molecule has 0 amide bonds. The number of aromatic nitrogens is 1. The number of hydrogen-bond donors (Lipinski definition) is 0. The molecule has 3 heteroatoms. The van der Waals surface area contributed by atoms with E-state index in [2.05, 4.69) is 191 Å². The van der Waals surface area contributed by atoms with Gasteiger partial charge in [-0.2, -0.15) is 0 Å². The van der Waals surface area contributed by atoms with Gasteiger partial charge in [-0.15, -0.1) is 11.3 Å². The van der Waals surface area contributed by atoms with Crippen LogP contribution in [0.2, 0.25) is 0 Å². The van der Waals surface area contributed by atoms with E-state index in [1.807, 2.05) is 11.3 Å². The normalized spacial score (nSPS) is 11.7. The zero-order chi connectivity index (χ0) is 32.3. The Hall–Kier alpha value is -6.16. The maximum atomic E-state index is 2.48. The number of thiophene rings is 1. The van der Waals surface area contributed by atoms with Gasteiger partial charge in [0, 0.05) is 47.9 Å². The molecule has 230 valence electrons. The Morgan fingerprint density at radius 1 is 0.429 bits per heavy atom. The van der Waals surface area contributed by atoms with Crippen LogP contribution in [0, 0.1) is 0 Å². The van der Waals surface area contributed by atoms with Crippen molar-refractivity contribution in [1.29, 1.82) is 0 Å². The summed E-state index contributed by atoms with van der Waals surface area (Å²) >= 11 is 1.88. The van der Waals surface area contributed by atoms with Crippen LogP contribution in [0.1, 0.15) is 0 Å². The molecule has 0 atom stereocenters. The summed E-state index contributed by atoms with van der Waals surface area (Å²) in [4.78, 5) is 2.48. The van der Waals surface area contributed by atoms with E-state index in [1.54, 1.807) is 0 Å². The SMILES string of the molecule is c1ccc(-c2ccccc2N(c2ccc3c(c2)sc2ccc4ccccc4c23)c2cccc3c2c2ccccc2n3-c2ccccc2)cc1. The lowest BCUT2D eigenvalue weighted by atomic mass is 10.0. The average Bonchev–Trinajstić information content (AvgIpc) is 3.72. The summed E-state index contributed by atoms with van der Waals surface area (Å²) < 4.78 is 5.00. The van der Waals surface area contributed by atoms with Gasteiger partial charge in [0.1, 0.15) is 0 Å². The van der Waals surface area contributed by atoms with Gasteiger partial charge in [-0.05, 0) is 70.9 Å². The number of benzene rings is 8. The van der Waals surface area contributed by atoms with E-state index in [4.69, 9.17) is 0 Å². The van der Waals surface area contributed by atoms with Gasteiger partial charge >= 0.3 is 0 Å².